The van der Waals surface area contributed by atoms with Gasteiger partial charge in [0.05, 0.1) is 7.05 Å². The smallest absolute Gasteiger partial charge is 0.321 e. The van der Waals surface area contributed by atoms with Gasteiger partial charge in [0.25, 0.3) is 0 Å². The molecule has 0 spiro atoms. The molecule has 3 unspecified atom stereocenters. The molecule has 28 heavy (non-hydrogen) atoms. The van der Waals surface area contributed by atoms with Crippen molar-refractivity contribution in [2.45, 2.75) is 44.2 Å². The molecule has 3 N–H and O–H groups in total. The lowest BCUT2D eigenvalue weighted by atomic mass is 9.90. The fourth-order valence-electron chi connectivity index (χ4n) is 4.20. The number of rotatable bonds is 4. The van der Waals surface area contributed by atoms with Crippen LogP contribution < -0.4 is 16.2 Å². The van der Waals surface area contributed by atoms with Crippen LogP contribution in [0, 0.1) is 5.92 Å². The van der Waals surface area contributed by atoms with Crippen molar-refractivity contribution in [3.63, 3.8) is 0 Å². The molecule has 4 rings (SSSR count). The Labute approximate surface area is 164 Å². The maximum Gasteiger partial charge on any atom is 0.321 e. The van der Waals surface area contributed by atoms with Crippen LogP contribution in [0.15, 0.2) is 24.3 Å². The zero-order valence-corrected chi connectivity index (χ0v) is 16.4. The summed E-state index contributed by atoms with van der Waals surface area (Å²) in [6.45, 7) is 0.682. The number of carbonyl (C=O) groups excluding carboxylic acids is 1. The Morgan fingerprint density at radius 2 is 2.00 bits per heavy atom. The zero-order chi connectivity index (χ0) is 19.5. The summed E-state index contributed by atoms with van der Waals surface area (Å²) >= 11 is 0. The van der Waals surface area contributed by atoms with E-state index in [1.54, 1.807) is 11.9 Å². The summed E-state index contributed by atoms with van der Waals surface area (Å²) in [6, 6.07) is 8.19. The van der Waals surface area contributed by atoms with Crippen LogP contribution in [-0.2, 0) is 7.05 Å². The van der Waals surface area contributed by atoms with E-state index in [9.17, 15) is 4.79 Å². The van der Waals surface area contributed by atoms with Crippen molar-refractivity contribution >= 4 is 11.7 Å². The van der Waals surface area contributed by atoms with E-state index in [0.29, 0.717) is 30.4 Å². The molecule has 9 nitrogen and oxygen atoms in total. The summed E-state index contributed by atoms with van der Waals surface area (Å²) < 4.78 is 0. The minimum atomic E-state index is -0.107. The molecule has 0 bridgehead atoms. The average Bonchev–Trinajstić information content (AvgIpc) is 3.21. The second kappa shape index (κ2) is 8.24. The molecule has 0 radical (unpaired) electrons. The van der Waals surface area contributed by atoms with E-state index in [1.165, 1.54) is 36.9 Å². The van der Waals surface area contributed by atoms with Crippen LogP contribution >= 0.6 is 0 Å². The molecule has 2 fully saturated rings. The quantitative estimate of drug-likeness (QED) is 0.743. The van der Waals surface area contributed by atoms with Crippen LogP contribution in [-0.4, -0.2) is 56.8 Å². The Kier molecular flexibility index (Phi) is 5.54. The van der Waals surface area contributed by atoms with Gasteiger partial charge in [-0.2, -0.15) is 4.80 Å². The van der Waals surface area contributed by atoms with E-state index in [-0.39, 0.29) is 6.03 Å². The number of aromatic nitrogens is 4. The van der Waals surface area contributed by atoms with Crippen LogP contribution in [0.25, 0.3) is 11.4 Å². The third kappa shape index (κ3) is 4.15. The number of aryl methyl sites for hydroxylation is 1. The standard InChI is InChI=1S/C19H28N8O/c1-26(12-17-15-6-4-3-5-7-16(15)21-22-17)19(28)20-14-10-8-13(9-11-14)18-23-25-27(2)24-18/h8-11,15-17,21-22H,3-7,12H2,1-2H3,(H,20,28). The largest absolute Gasteiger partial charge is 0.326 e. The zero-order valence-electron chi connectivity index (χ0n) is 16.4. The molecule has 1 aliphatic carbocycles. The number of hydrogen-bond donors (Lipinski definition) is 3. The van der Waals surface area contributed by atoms with Crippen molar-refractivity contribution in [2.24, 2.45) is 13.0 Å². The fraction of sp³-hybridized carbons (Fsp3) is 0.579. The number of benzene rings is 1. The second-order valence-electron chi connectivity index (χ2n) is 7.79. The number of urea groups is 1. The molecule has 150 valence electrons. The number of anilines is 1. The van der Waals surface area contributed by atoms with Gasteiger partial charge in [0.15, 0.2) is 0 Å². The number of likely N-dealkylation sites (N-methyl/N-ethyl adjacent to an activating group) is 1. The highest BCUT2D eigenvalue weighted by Crippen LogP contribution is 2.29. The maximum absolute atomic E-state index is 12.6. The van der Waals surface area contributed by atoms with Gasteiger partial charge in [0.2, 0.25) is 5.82 Å². The lowest BCUT2D eigenvalue weighted by molar-refractivity contribution is 0.212. The highest BCUT2D eigenvalue weighted by Gasteiger charge is 2.37. The van der Waals surface area contributed by atoms with Crippen molar-refractivity contribution in [2.75, 3.05) is 18.9 Å². The minimum absolute atomic E-state index is 0.107. The van der Waals surface area contributed by atoms with E-state index in [0.717, 1.165) is 11.3 Å². The van der Waals surface area contributed by atoms with E-state index < -0.39 is 0 Å². The molecular formula is C19H28N8O. The van der Waals surface area contributed by atoms with Gasteiger partial charge in [-0.15, -0.1) is 10.2 Å². The van der Waals surface area contributed by atoms with Crippen molar-refractivity contribution in [1.82, 2.24) is 36.0 Å². The van der Waals surface area contributed by atoms with Crippen molar-refractivity contribution in [1.29, 1.82) is 0 Å². The molecule has 2 aliphatic rings. The van der Waals surface area contributed by atoms with Gasteiger partial charge in [-0.25, -0.2) is 4.79 Å². The first-order valence-corrected chi connectivity index (χ1v) is 9.98. The summed E-state index contributed by atoms with van der Waals surface area (Å²) in [6.07, 6.45) is 6.33. The maximum atomic E-state index is 12.6. The molecule has 3 atom stereocenters. The molecule has 1 aliphatic heterocycles. The average molecular weight is 384 g/mol. The summed E-state index contributed by atoms with van der Waals surface area (Å²) in [7, 11) is 3.58. The van der Waals surface area contributed by atoms with Gasteiger partial charge in [-0.05, 0) is 48.2 Å². The van der Waals surface area contributed by atoms with Gasteiger partial charge in [0, 0.05) is 36.9 Å². The summed E-state index contributed by atoms with van der Waals surface area (Å²) in [5.74, 6) is 1.16. The number of hydrazine groups is 1. The normalized spacial score (nSPS) is 24.4. The second-order valence-corrected chi connectivity index (χ2v) is 7.79. The third-order valence-electron chi connectivity index (χ3n) is 5.76. The number of tetrazole rings is 1. The van der Waals surface area contributed by atoms with E-state index in [4.69, 9.17) is 0 Å². The summed E-state index contributed by atoms with van der Waals surface area (Å²) in [5.41, 5.74) is 8.46. The minimum Gasteiger partial charge on any atom is -0.326 e. The monoisotopic (exact) mass is 384 g/mol. The van der Waals surface area contributed by atoms with Crippen LogP contribution in [0.4, 0.5) is 10.5 Å². The van der Waals surface area contributed by atoms with Crippen LogP contribution in [0.1, 0.15) is 32.1 Å². The first-order chi connectivity index (χ1) is 13.6. The number of hydrogen-bond acceptors (Lipinski definition) is 6. The number of nitrogens with zero attached hydrogens (tertiary/aromatic N) is 5. The summed E-state index contributed by atoms with van der Waals surface area (Å²) in [5, 5.41) is 15.0. The van der Waals surface area contributed by atoms with Crippen LogP contribution in [0.3, 0.4) is 0 Å². The first-order valence-electron chi connectivity index (χ1n) is 9.98. The molecule has 1 aromatic carbocycles. The third-order valence-corrected chi connectivity index (χ3v) is 5.76. The van der Waals surface area contributed by atoms with E-state index in [1.807, 2.05) is 31.3 Å². The highest BCUT2D eigenvalue weighted by atomic mass is 16.2. The fourth-order valence-corrected chi connectivity index (χ4v) is 4.20. The van der Waals surface area contributed by atoms with Gasteiger partial charge in [-0.1, -0.05) is 19.3 Å². The van der Waals surface area contributed by atoms with Crippen molar-refractivity contribution < 1.29 is 4.79 Å². The molecule has 9 heteroatoms. The molecule has 1 aromatic heterocycles. The number of nitrogens with one attached hydrogen (secondary N) is 3. The van der Waals surface area contributed by atoms with Crippen molar-refractivity contribution in [3.05, 3.63) is 24.3 Å². The lowest BCUT2D eigenvalue weighted by Gasteiger charge is -2.26. The van der Waals surface area contributed by atoms with E-state index in [2.05, 4.69) is 31.6 Å². The Hall–Kier alpha value is -2.52. The molecule has 1 saturated heterocycles. The van der Waals surface area contributed by atoms with Gasteiger partial charge >= 0.3 is 6.03 Å². The SMILES string of the molecule is CN(CC1NNC2CCCCCC21)C(=O)Nc1ccc(-c2nnn(C)n2)cc1. The first kappa shape index (κ1) is 18.8. The van der Waals surface area contributed by atoms with Gasteiger partial charge in [0.1, 0.15) is 0 Å². The number of fused-ring (bicyclic) bond motifs is 1. The summed E-state index contributed by atoms with van der Waals surface area (Å²) in [4.78, 5) is 15.8. The molecule has 2 amide bonds. The molecule has 2 heterocycles. The Balaban J connectivity index is 1.33. The number of amides is 2. The molecular weight excluding hydrogens is 356 g/mol. The predicted molar refractivity (Wildman–Crippen MR) is 106 cm³/mol. The van der Waals surface area contributed by atoms with Gasteiger partial charge in [-0.3, -0.25) is 10.9 Å². The Morgan fingerprint density at radius 1 is 1.21 bits per heavy atom. The predicted octanol–water partition coefficient (Wildman–Crippen LogP) is 1.77. The lowest BCUT2D eigenvalue weighted by Crippen LogP contribution is -2.44. The Morgan fingerprint density at radius 3 is 2.75 bits per heavy atom. The van der Waals surface area contributed by atoms with Crippen molar-refractivity contribution in [3.8, 4) is 11.4 Å². The van der Waals surface area contributed by atoms with Crippen LogP contribution in [0.2, 0.25) is 0 Å². The van der Waals surface area contributed by atoms with E-state index >= 15 is 0 Å². The Bertz CT molecular complexity index is 805. The highest BCUT2D eigenvalue weighted by molar-refractivity contribution is 5.89. The van der Waals surface area contributed by atoms with Gasteiger partial charge < -0.3 is 10.2 Å². The topological polar surface area (TPSA) is 100 Å². The molecule has 2 aromatic rings. The number of carbonyl (C=O) groups is 1. The van der Waals surface area contributed by atoms with Crippen LogP contribution in [0.5, 0.6) is 0 Å². The molecule has 1 saturated carbocycles.